The summed E-state index contributed by atoms with van der Waals surface area (Å²) in [6.07, 6.45) is 0. The maximum Gasteiger partial charge on any atom is 0.245 e. The molecule has 0 bridgehead atoms. The van der Waals surface area contributed by atoms with Gasteiger partial charge in [-0.25, -0.2) is 4.98 Å². The Bertz CT molecular complexity index is 435. The van der Waals surface area contributed by atoms with Crippen molar-refractivity contribution in [1.82, 2.24) is 9.88 Å². The Morgan fingerprint density at radius 3 is 2.39 bits per heavy atom. The molecule has 6 heteroatoms. The van der Waals surface area contributed by atoms with E-state index in [1.54, 1.807) is 0 Å². The van der Waals surface area contributed by atoms with Crippen molar-refractivity contribution in [3.63, 3.8) is 0 Å². The lowest BCUT2D eigenvalue weighted by Crippen LogP contribution is -2.41. The molecule has 0 unspecified atom stereocenters. The molecule has 0 saturated carbocycles. The van der Waals surface area contributed by atoms with E-state index < -0.39 is 0 Å². The highest BCUT2D eigenvalue weighted by atomic mass is 32.1. The first-order chi connectivity index (χ1) is 8.31. The van der Waals surface area contributed by atoms with E-state index in [0.29, 0.717) is 5.13 Å². The first kappa shape index (κ1) is 14.6. The number of thiazole rings is 1. The van der Waals surface area contributed by atoms with Crippen LogP contribution in [0.5, 0.6) is 0 Å². The van der Waals surface area contributed by atoms with Gasteiger partial charge in [-0.2, -0.15) is 0 Å². The van der Waals surface area contributed by atoms with Crippen LogP contribution in [0, 0.1) is 13.8 Å². The lowest BCUT2D eigenvalue weighted by molar-refractivity contribution is -0.134. The first-order valence-electron chi connectivity index (χ1n) is 5.82. The molecule has 0 spiro atoms. The largest absolute Gasteiger partial charge is 0.331 e. The Kier molecular flexibility index (Phi) is 4.84. The molecule has 1 aromatic heterocycles. The second kappa shape index (κ2) is 5.95. The summed E-state index contributed by atoms with van der Waals surface area (Å²) < 4.78 is 0. The molecule has 0 aromatic carbocycles. The van der Waals surface area contributed by atoms with Crippen molar-refractivity contribution in [3.8, 4) is 0 Å². The number of amides is 2. The van der Waals surface area contributed by atoms with Crippen molar-refractivity contribution in [2.75, 3.05) is 11.9 Å². The van der Waals surface area contributed by atoms with Crippen LogP contribution in [0.25, 0.3) is 0 Å². The van der Waals surface area contributed by atoms with E-state index in [-0.39, 0.29) is 24.4 Å². The lowest BCUT2D eigenvalue weighted by Gasteiger charge is -2.24. The SMILES string of the molecule is CC(=O)N(CC(=O)Nc1nc(C)c(C)s1)C(C)C. The van der Waals surface area contributed by atoms with Crippen LogP contribution in [-0.4, -0.2) is 34.3 Å². The van der Waals surface area contributed by atoms with Gasteiger partial charge in [0.2, 0.25) is 11.8 Å². The number of aryl methyl sites for hydroxylation is 2. The number of hydrogen-bond acceptors (Lipinski definition) is 4. The zero-order valence-corrected chi connectivity index (χ0v) is 12.2. The van der Waals surface area contributed by atoms with E-state index in [2.05, 4.69) is 10.3 Å². The summed E-state index contributed by atoms with van der Waals surface area (Å²) in [5.74, 6) is -0.320. The van der Waals surface area contributed by atoms with Gasteiger partial charge < -0.3 is 10.2 Å². The van der Waals surface area contributed by atoms with Crippen LogP contribution in [-0.2, 0) is 9.59 Å². The third-order valence-corrected chi connectivity index (χ3v) is 3.60. The van der Waals surface area contributed by atoms with Crippen LogP contribution >= 0.6 is 11.3 Å². The molecule has 0 aliphatic rings. The van der Waals surface area contributed by atoms with Gasteiger partial charge in [-0.1, -0.05) is 0 Å². The lowest BCUT2D eigenvalue weighted by atomic mass is 10.3. The van der Waals surface area contributed by atoms with E-state index >= 15 is 0 Å². The summed E-state index contributed by atoms with van der Waals surface area (Å²) >= 11 is 1.44. The highest BCUT2D eigenvalue weighted by molar-refractivity contribution is 7.15. The van der Waals surface area contributed by atoms with Gasteiger partial charge in [0, 0.05) is 17.8 Å². The highest BCUT2D eigenvalue weighted by Crippen LogP contribution is 2.20. The Morgan fingerprint density at radius 2 is 2.00 bits per heavy atom. The third-order valence-electron chi connectivity index (χ3n) is 2.62. The molecule has 0 saturated heterocycles. The molecule has 1 aromatic rings. The fourth-order valence-corrected chi connectivity index (χ4v) is 2.33. The summed E-state index contributed by atoms with van der Waals surface area (Å²) in [7, 11) is 0. The molecule has 1 rings (SSSR count). The topological polar surface area (TPSA) is 62.3 Å². The molecule has 0 radical (unpaired) electrons. The van der Waals surface area contributed by atoms with Crippen molar-refractivity contribution in [3.05, 3.63) is 10.6 Å². The van der Waals surface area contributed by atoms with Gasteiger partial charge in [0.25, 0.3) is 0 Å². The number of hydrogen-bond donors (Lipinski definition) is 1. The number of carbonyl (C=O) groups excluding carboxylic acids is 2. The molecule has 5 nitrogen and oxygen atoms in total. The highest BCUT2D eigenvalue weighted by Gasteiger charge is 2.17. The minimum Gasteiger partial charge on any atom is -0.331 e. The van der Waals surface area contributed by atoms with Crippen molar-refractivity contribution in [2.24, 2.45) is 0 Å². The minimum absolute atomic E-state index is 0.00742. The van der Waals surface area contributed by atoms with Crippen LogP contribution in [0.3, 0.4) is 0 Å². The number of nitrogens with one attached hydrogen (secondary N) is 1. The summed E-state index contributed by atoms with van der Waals surface area (Å²) in [6.45, 7) is 9.14. The van der Waals surface area contributed by atoms with E-state index in [0.717, 1.165) is 10.6 Å². The van der Waals surface area contributed by atoms with Gasteiger partial charge in [0.05, 0.1) is 5.69 Å². The number of aromatic nitrogens is 1. The number of anilines is 1. The van der Waals surface area contributed by atoms with Crippen molar-refractivity contribution < 1.29 is 9.59 Å². The molecule has 1 heterocycles. The summed E-state index contributed by atoms with van der Waals surface area (Å²) in [5, 5.41) is 3.30. The maximum atomic E-state index is 11.8. The Hall–Kier alpha value is -1.43. The second-order valence-electron chi connectivity index (χ2n) is 4.45. The average Bonchev–Trinajstić information content (AvgIpc) is 2.53. The van der Waals surface area contributed by atoms with Gasteiger partial charge in [-0.3, -0.25) is 9.59 Å². The third kappa shape index (κ3) is 3.80. The van der Waals surface area contributed by atoms with Crippen LogP contribution < -0.4 is 5.32 Å². The predicted octanol–water partition coefficient (Wildman–Crippen LogP) is 1.96. The van der Waals surface area contributed by atoms with E-state index in [1.165, 1.54) is 23.2 Å². The monoisotopic (exact) mass is 269 g/mol. The van der Waals surface area contributed by atoms with Crippen LogP contribution in [0.1, 0.15) is 31.3 Å². The van der Waals surface area contributed by atoms with E-state index in [9.17, 15) is 9.59 Å². The zero-order valence-electron chi connectivity index (χ0n) is 11.4. The maximum absolute atomic E-state index is 11.8. The summed E-state index contributed by atoms with van der Waals surface area (Å²) in [4.78, 5) is 30.0. The van der Waals surface area contributed by atoms with Gasteiger partial charge in [-0.05, 0) is 27.7 Å². The number of nitrogens with zero attached hydrogens (tertiary/aromatic N) is 2. The average molecular weight is 269 g/mol. The number of rotatable bonds is 4. The fourth-order valence-electron chi connectivity index (χ4n) is 1.50. The number of carbonyl (C=O) groups is 2. The van der Waals surface area contributed by atoms with E-state index in [4.69, 9.17) is 0 Å². The smallest absolute Gasteiger partial charge is 0.245 e. The Morgan fingerprint density at radius 1 is 1.39 bits per heavy atom. The van der Waals surface area contributed by atoms with Crippen LogP contribution in [0.15, 0.2) is 0 Å². The fraction of sp³-hybridized carbons (Fsp3) is 0.583. The Labute approximate surface area is 111 Å². The van der Waals surface area contributed by atoms with Crippen LogP contribution in [0.2, 0.25) is 0 Å². The van der Waals surface area contributed by atoms with Gasteiger partial charge in [-0.15, -0.1) is 11.3 Å². The Balaban J connectivity index is 2.63. The van der Waals surface area contributed by atoms with Crippen molar-refractivity contribution >= 4 is 28.3 Å². The second-order valence-corrected chi connectivity index (χ2v) is 5.65. The zero-order chi connectivity index (χ0) is 13.9. The molecule has 100 valence electrons. The predicted molar refractivity (Wildman–Crippen MR) is 72.7 cm³/mol. The molecule has 0 fully saturated rings. The van der Waals surface area contributed by atoms with Gasteiger partial charge in [0.1, 0.15) is 6.54 Å². The quantitative estimate of drug-likeness (QED) is 0.908. The van der Waals surface area contributed by atoms with Gasteiger partial charge >= 0.3 is 0 Å². The molecule has 0 aliphatic carbocycles. The molecule has 0 aliphatic heterocycles. The normalized spacial score (nSPS) is 10.6. The molecule has 1 N–H and O–H groups in total. The molecule has 18 heavy (non-hydrogen) atoms. The van der Waals surface area contributed by atoms with Crippen LogP contribution in [0.4, 0.5) is 5.13 Å². The summed E-state index contributed by atoms with van der Waals surface area (Å²) in [6, 6.07) is 0.00742. The molecular formula is C12H19N3O2S. The van der Waals surface area contributed by atoms with E-state index in [1.807, 2.05) is 27.7 Å². The standard InChI is InChI=1S/C12H19N3O2S/c1-7(2)15(10(5)16)6-11(17)14-12-13-8(3)9(4)18-12/h7H,6H2,1-5H3,(H,13,14,17). The van der Waals surface area contributed by atoms with Gasteiger partial charge in [0.15, 0.2) is 5.13 Å². The molecule has 0 atom stereocenters. The minimum atomic E-state index is -0.215. The summed E-state index contributed by atoms with van der Waals surface area (Å²) in [5.41, 5.74) is 0.919. The van der Waals surface area contributed by atoms with Crippen molar-refractivity contribution in [1.29, 1.82) is 0 Å². The van der Waals surface area contributed by atoms with Crippen molar-refractivity contribution in [2.45, 2.75) is 40.7 Å². The molecule has 2 amide bonds. The molecular weight excluding hydrogens is 250 g/mol. The first-order valence-corrected chi connectivity index (χ1v) is 6.64.